The van der Waals surface area contributed by atoms with Crippen LogP contribution in [0.2, 0.25) is 0 Å². The van der Waals surface area contributed by atoms with Crippen LogP contribution in [-0.4, -0.2) is 81.3 Å². The van der Waals surface area contributed by atoms with Crippen LogP contribution in [0.5, 0.6) is 0 Å². The van der Waals surface area contributed by atoms with E-state index in [1.54, 1.807) is 35.9 Å². The Morgan fingerprint density at radius 2 is 1.79 bits per heavy atom. The number of nitrogens with one attached hydrogen (secondary N) is 4. The van der Waals surface area contributed by atoms with Gasteiger partial charge in [-0.25, -0.2) is 18.7 Å². The maximum Gasteiger partial charge on any atom is 0.251 e. The number of aryl methyl sites for hydroxylation is 2. The number of aromatic amines is 1. The van der Waals surface area contributed by atoms with Crippen molar-refractivity contribution in [3.63, 3.8) is 0 Å². The lowest BCUT2D eigenvalue weighted by atomic mass is 9.92. The molecule has 5 aromatic rings. The first-order valence-corrected chi connectivity index (χ1v) is 16.8. The van der Waals surface area contributed by atoms with Crippen LogP contribution in [0.15, 0.2) is 55.1 Å². The highest BCUT2D eigenvalue weighted by atomic mass is 19.2. The SMILES string of the molecule is CCc1cc(Nc2nccn3c(-c4ccc(-c5cn[nH]c5C)c(F)c4F)cnc23)ccc1C(=O)NCC1CC[N+](C)(CC2CNC2)CC1. The maximum atomic E-state index is 15.4. The summed E-state index contributed by atoms with van der Waals surface area (Å²) in [6, 6.07) is 8.75. The van der Waals surface area contributed by atoms with E-state index in [1.807, 2.05) is 25.1 Å². The van der Waals surface area contributed by atoms with Gasteiger partial charge >= 0.3 is 0 Å². The topological polar surface area (TPSA) is 112 Å². The molecule has 4 N–H and O–H groups in total. The zero-order chi connectivity index (χ0) is 33.4. The van der Waals surface area contributed by atoms with Gasteiger partial charge in [0.05, 0.1) is 44.8 Å². The van der Waals surface area contributed by atoms with Crippen molar-refractivity contribution >= 4 is 23.1 Å². The predicted octanol–water partition coefficient (Wildman–Crippen LogP) is 5.48. The fraction of sp³-hybridized carbons (Fsp3) is 0.389. The Balaban J connectivity index is 1.04. The van der Waals surface area contributed by atoms with Crippen molar-refractivity contribution in [3.05, 3.63) is 83.6 Å². The minimum absolute atomic E-state index is 0.0527. The van der Waals surface area contributed by atoms with Gasteiger partial charge in [-0.2, -0.15) is 5.10 Å². The van der Waals surface area contributed by atoms with Gasteiger partial charge in [0.2, 0.25) is 0 Å². The molecule has 0 saturated carbocycles. The molecule has 0 unspecified atom stereocenters. The average Bonchev–Trinajstić information content (AvgIpc) is 3.70. The van der Waals surface area contributed by atoms with Gasteiger partial charge in [0, 0.05) is 84.4 Å². The van der Waals surface area contributed by atoms with Crippen LogP contribution in [0.3, 0.4) is 0 Å². The molecule has 0 bridgehead atoms. The molecule has 0 atom stereocenters. The highest BCUT2D eigenvalue weighted by Gasteiger charge is 2.34. The minimum Gasteiger partial charge on any atom is -0.352 e. The highest BCUT2D eigenvalue weighted by Crippen LogP contribution is 2.34. The molecule has 7 rings (SSSR count). The molecule has 250 valence electrons. The minimum atomic E-state index is -0.967. The second kappa shape index (κ2) is 13.1. The van der Waals surface area contributed by atoms with Crippen LogP contribution in [0.4, 0.5) is 20.3 Å². The molecule has 3 aromatic heterocycles. The second-order valence-corrected chi connectivity index (χ2v) is 13.6. The van der Waals surface area contributed by atoms with E-state index in [-0.39, 0.29) is 17.0 Å². The van der Waals surface area contributed by atoms with Gasteiger partial charge in [-0.3, -0.25) is 14.3 Å². The number of benzene rings is 2. The Kier molecular flexibility index (Phi) is 8.69. The van der Waals surface area contributed by atoms with E-state index in [0.717, 1.165) is 47.6 Å². The van der Waals surface area contributed by atoms with Crippen molar-refractivity contribution < 1.29 is 18.1 Å². The van der Waals surface area contributed by atoms with Crippen LogP contribution in [0.1, 0.15) is 41.4 Å². The molecule has 2 aromatic carbocycles. The van der Waals surface area contributed by atoms with Gasteiger partial charge in [-0.1, -0.05) is 13.0 Å². The second-order valence-electron chi connectivity index (χ2n) is 13.6. The summed E-state index contributed by atoms with van der Waals surface area (Å²) in [5.74, 6) is -0.220. The number of fused-ring (bicyclic) bond motifs is 1. The molecule has 2 aliphatic rings. The molecular weight excluding hydrogens is 612 g/mol. The van der Waals surface area contributed by atoms with E-state index in [0.29, 0.717) is 52.9 Å². The highest BCUT2D eigenvalue weighted by molar-refractivity contribution is 5.96. The Bertz CT molecular complexity index is 1960. The Labute approximate surface area is 278 Å². The lowest BCUT2D eigenvalue weighted by Crippen LogP contribution is -2.58. The van der Waals surface area contributed by atoms with Gasteiger partial charge in [0.25, 0.3) is 5.91 Å². The van der Waals surface area contributed by atoms with Crippen molar-refractivity contribution in [1.82, 2.24) is 35.2 Å². The van der Waals surface area contributed by atoms with Crippen LogP contribution in [0, 0.1) is 30.4 Å². The molecule has 2 fully saturated rings. The molecule has 10 nitrogen and oxygen atoms in total. The summed E-state index contributed by atoms with van der Waals surface area (Å²) in [5.41, 5.74) is 4.54. The average molecular weight is 655 g/mol. The number of likely N-dealkylation sites (tertiary alicyclic amines) is 1. The fourth-order valence-corrected chi connectivity index (χ4v) is 7.17. The number of aromatic nitrogens is 5. The van der Waals surface area contributed by atoms with Gasteiger partial charge < -0.3 is 20.4 Å². The third kappa shape index (κ3) is 6.17. The lowest BCUT2D eigenvalue weighted by molar-refractivity contribution is -0.918. The summed E-state index contributed by atoms with van der Waals surface area (Å²) < 4.78 is 33.5. The number of quaternary nitrogens is 1. The zero-order valence-corrected chi connectivity index (χ0v) is 27.6. The van der Waals surface area contributed by atoms with Gasteiger partial charge in [-0.15, -0.1) is 0 Å². The van der Waals surface area contributed by atoms with E-state index in [2.05, 4.69) is 43.2 Å². The van der Waals surface area contributed by atoms with E-state index in [9.17, 15) is 4.79 Å². The van der Waals surface area contributed by atoms with Gasteiger partial charge in [0.15, 0.2) is 23.1 Å². The Hall–Kier alpha value is -4.68. The molecule has 5 heterocycles. The van der Waals surface area contributed by atoms with Crippen molar-refractivity contribution in [2.45, 2.75) is 33.1 Å². The van der Waals surface area contributed by atoms with E-state index < -0.39 is 11.6 Å². The normalized spacial score (nSPS) is 19.7. The van der Waals surface area contributed by atoms with Gasteiger partial charge in [0.1, 0.15) is 0 Å². The Morgan fingerprint density at radius 1 is 1.02 bits per heavy atom. The molecule has 48 heavy (non-hydrogen) atoms. The van der Waals surface area contributed by atoms with Crippen LogP contribution in [-0.2, 0) is 6.42 Å². The standard InChI is InChI=1S/C36H41F2N9O/c1-4-25-15-26(5-6-27(25)36(48)42-18-23-9-13-47(3,14-10-23)21-24-16-39-17-24)44-34-35-41-20-31(46(35)12-11-40-34)29-8-7-28(32(37)33(29)38)30-19-43-45-22(30)2/h5-8,11-12,15,19-20,23-24,39H,4,9-10,13-14,16-18,21H2,1-3H3,(H2-,40,42,43,44,45,48)/p+1. The quantitative estimate of drug-likeness (QED) is 0.148. The third-order valence-corrected chi connectivity index (χ3v) is 10.2. The third-order valence-electron chi connectivity index (χ3n) is 10.2. The van der Waals surface area contributed by atoms with Crippen molar-refractivity contribution in [3.8, 4) is 22.4 Å². The van der Waals surface area contributed by atoms with Crippen LogP contribution in [0.25, 0.3) is 28.0 Å². The van der Waals surface area contributed by atoms with Gasteiger partial charge in [-0.05, 0) is 49.1 Å². The molecule has 0 spiro atoms. The number of hydrogen-bond acceptors (Lipinski definition) is 6. The largest absolute Gasteiger partial charge is 0.352 e. The molecule has 1 amide bonds. The number of carbonyl (C=O) groups excluding carboxylic acids is 1. The maximum absolute atomic E-state index is 15.4. The summed E-state index contributed by atoms with van der Waals surface area (Å²) >= 11 is 0. The number of hydrogen-bond donors (Lipinski definition) is 4. The fourth-order valence-electron chi connectivity index (χ4n) is 7.17. The number of H-pyrrole nitrogens is 1. The molecule has 2 aliphatic heterocycles. The number of anilines is 2. The number of rotatable bonds is 10. The summed E-state index contributed by atoms with van der Waals surface area (Å²) in [5, 5.41) is 16.6. The van der Waals surface area contributed by atoms with Crippen molar-refractivity contribution in [2.24, 2.45) is 11.8 Å². The van der Waals surface area contributed by atoms with E-state index >= 15 is 8.78 Å². The summed E-state index contributed by atoms with van der Waals surface area (Å²) in [6.07, 6.45) is 9.17. The number of carbonyl (C=O) groups is 1. The first-order chi connectivity index (χ1) is 23.2. The predicted molar refractivity (Wildman–Crippen MR) is 182 cm³/mol. The smallest absolute Gasteiger partial charge is 0.251 e. The molecule has 2 saturated heterocycles. The number of nitrogens with zero attached hydrogens (tertiary/aromatic N) is 5. The Morgan fingerprint density at radius 3 is 2.50 bits per heavy atom. The monoisotopic (exact) mass is 654 g/mol. The molecular formula is C36H42F2N9O+. The summed E-state index contributed by atoms with van der Waals surface area (Å²) in [4.78, 5) is 22.3. The first-order valence-electron chi connectivity index (χ1n) is 16.8. The number of piperidine rings is 1. The van der Waals surface area contributed by atoms with E-state index in [4.69, 9.17) is 0 Å². The number of halogens is 2. The summed E-state index contributed by atoms with van der Waals surface area (Å²) in [6.45, 7) is 10.3. The lowest BCUT2D eigenvalue weighted by Gasteiger charge is -2.44. The number of amides is 1. The van der Waals surface area contributed by atoms with Crippen molar-refractivity contribution in [2.75, 3.05) is 51.6 Å². The van der Waals surface area contributed by atoms with Crippen molar-refractivity contribution in [1.29, 1.82) is 0 Å². The number of imidazole rings is 1. The molecule has 0 aliphatic carbocycles. The zero-order valence-electron chi connectivity index (χ0n) is 27.6. The van der Waals surface area contributed by atoms with Crippen LogP contribution >= 0.6 is 0 Å². The van der Waals surface area contributed by atoms with E-state index in [1.165, 1.54) is 32.0 Å². The first kappa shape index (κ1) is 31.9. The molecule has 0 radical (unpaired) electrons. The van der Waals surface area contributed by atoms with Crippen LogP contribution < -0.4 is 16.0 Å². The molecule has 12 heteroatoms. The summed E-state index contributed by atoms with van der Waals surface area (Å²) in [7, 11) is 2.38.